The van der Waals surface area contributed by atoms with Crippen LogP contribution in [-0.2, 0) is 22.7 Å². The molecular formula is C42H52N4O6S2+2. The molecule has 0 aliphatic heterocycles. The molecule has 10 nitrogen and oxygen atoms in total. The van der Waals surface area contributed by atoms with E-state index in [1.165, 1.54) is 0 Å². The van der Waals surface area contributed by atoms with Gasteiger partial charge >= 0.3 is 0 Å². The van der Waals surface area contributed by atoms with Crippen LogP contribution in [-0.4, -0.2) is 64.8 Å². The third-order valence-electron chi connectivity index (χ3n) is 8.35. The Bertz CT molecular complexity index is 1680. The Morgan fingerprint density at radius 3 is 1.35 bits per heavy atom. The lowest BCUT2D eigenvalue weighted by Gasteiger charge is -2.09. The van der Waals surface area contributed by atoms with Crippen molar-refractivity contribution in [2.75, 3.05) is 53.0 Å². The van der Waals surface area contributed by atoms with Crippen LogP contribution in [0.25, 0.3) is 24.3 Å². The summed E-state index contributed by atoms with van der Waals surface area (Å²) in [7, 11) is 9.94. The Balaban J connectivity index is 0.994. The number of nitrogens with one attached hydrogen (secondary N) is 2. The number of benzene rings is 2. The lowest BCUT2D eigenvalue weighted by molar-refractivity contribution is -0.697. The van der Waals surface area contributed by atoms with Crippen LogP contribution in [0.1, 0.15) is 47.9 Å². The maximum Gasteiger partial charge on any atom is 0.220 e. The molecule has 2 amide bonds. The van der Waals surface area contributed by atoms with Crippen molar-refractivity contribution in [2.45, 2.75) is 38.8 Å². The molecule has 0 aliphatic rings. The van der Waals surface area contributed by atoms with Gasteiger partial charge in [-0.05, 0) is 23.3 Å². The summed E-state index contributed by atoms with van der Waals surface area (Å²) in [6.45, 7) is 2.79. The fourth-order valence-corrected chi connectivity index (χ4v) is 7.33. The first-order valence-corrected chi connectivity index (χ1v) is 20.5. The molecule has 2 aromatic heterocycles. The van der Waals surface area contributed by atoms with Crippen LogP contribution in [0.5, 0.6) is 23.0 Å². The van der Waals surface area contributed by atoms with Crippen molar-refractivity contribution in [1.82, 2.24) is 10.6 Å². The first kappa shape index (κ1) is 41.8. The number of hydrogen-bond acceptors (Lipinski definition) is 8. The van der Waals surface area contributed by atoms with E-state index in [-0.39, 0.29) is 11.8 Å². The number of hydrogen-bond donors (Lipinski definition) is 2. The molecule has 54 heavy (non-hydrogen) atoms. The molecule has 2 N–H and O–H groups in total. The summed E-state index contributed by atoms with van der Waals surface area (Å²) in [5.41, 5.74) is 4.02. The fourth-order valence-electron chi connectivity index (χ4n) is 5.52. The van der Waals surface area contributed by atoms with Crippen LogP contribution in [0.3, 0.4) is 0 Å². The van der Waals surface area contributed by atoms with Gasteiger partial charge < -0.3 is 29.6 Å². The Morgan fingerprint density at radius 2 is 0.981 bits per heavy atom. The van der Waals surface area contributed by atoms with Crippen LogP contribution in [0.4, 0.5) is 0 Å². The largest absolute Gasteiger partial charge is 0.493 e. The molecular weight excluding hydrogens is 721 g/mol. The number of carbonyl (C=O) groups is 2. The monoisotopic (exact) mass is 772 g/mol. The molecule has 4 aromatic rings. The number of aromatic nitrogens is 2. The fraction of sp³-hybridized carbons (Fsp3) is 0.333. The minimum Gasteiger partial charge on any atom is -0.493 e. The van der Waals surface area contributed by atoms with E-state index in [2.05, 4.69) is 19.8 Å². The van der Waals surface area contributed by atoms with Gasteiger partial charge in [-0.3, -0.25) is 9.59 Å². The van der Waals surface area contributed by atoms with Gasteiger partial charge in [-0.1, -0.05) is 70.2 Å². The lowest BCUT2D eigenvalue weighted by Crippen LogP contribution is -2.34. The molecule has 12 heteroatoms. The maximum absolute atomic E-state index is 12.3. The third-order valence-corrected chi connectivity index (χ3v) is 10.8. The molecule has 2 heterocycles. The predicted octanol–water partition coefficient (Wildman–Crippen LogP) is 6.51. The molecule has 0 radical (unpaired) electrons. The molecule has 0 saturated heterocycles. The van der Waals surface area contributed by atoms with Crippen LogP contribution in [0.2, 0.25) is 0 Å². The van der Waals surface area contributed by atoms with Crippen molar-refractivity contribution in [2.24, 2.45) is 0 Å². The highest BCUT2D eigenvalue weighted by atomic mass is 33.1. The Kier molecular flexibility index (Phi) is 18.3. The highest BCUT2D eigenvalue weighted by molar-refractivity contribution is 8.76. The molecule has 0 fully saturated rings. The van der Waals surface area contributed by atoms with Gasteiger partial charge in [0.2, 0.25) is 11.8 Å². The number of pyridine rings is 2. The summed E-state index contributed by atoms with van der Waals surface area (Å²) in [4.78, 5) is 24.6. The van der Waals surface area contributed by atoms with Gasteiger partial charge in [-0.2, -0.15) is 0 Å². The van der Waals surface area contributed by atoms with Gasteiger partial charge in [0.15, 0.2) is 47.8 Å². The van der Waals surface area contributed by atoms with Crippen molar-refractivity contribution < 1.29 is 37.7 Å². The van der Waals surface area contributed by atoms with E-state index in [1.807, 2.05) is 110 Å². The van der Waals surface area contributed by atoms with Gasteiger partial charge in [0.25, 0.3) is 0 Å². The molecule has 4 rings (SSSR count). The highest BCUT2D eigenvalue weighted by Gasteiger charge is 2.10. The minimum atomic E-state index is 0.0664. The number of para-hydroxylation sites is 2. The smallest absolute Gasteiger partial charge is 0.220 e. The van der Waals surface area contributed by atoms with Crippen LogP contribution in [0.15, 0.2) is 85.5 Å². The second kappa shape index (κ2) is 23.7. The quantitative estimate of drug-likeness (QED) is 0.0500. The summed E-state index contributed by atoms with van der Waals surface area (Å²) >= 11 is 0. The second-order valence-electron chi connectivity index (χ2n) is 12.1. The zero-order chi connectivity index (χ0) is 38.4. The summed E-state index contributed by atoms with van der Waals surface area (Å²) in [6.07, 6.45) is 18.7. The first-order chi connectivity index (χ1) is 26.4. The number of methoxy groups -OCH3 is 4. The van der Waals surface area contributed by atoms with Crippen molar-refractivity contribution in [3.05, 3.63) is 108 Å². The summed E-state index contributed by atoms with van der Waals surface area (Å²) in [5, 5.41) is 6.01. The number of carbonyl (C=O) groups excluding carboxylic acids is 2. The average molecular weight is 773 g/mol. The highest BCUT2D eigenvalue weighted by Crippen LogP contribution is 2.33. The zero-order valence-corrected chi connectivity index (χ0v) is 33.3. The number of aryl methyl sites for hydroxylation is 2. The molecule has 0 spiro atoms. The van der Waals surface area contributed by atoms with Crippen LogP contribution in [0, 0.1) is 0 Å². The molecule has 2 aromatic carbocycles. The van der Waals surface area contributed by atoms with E-state index in [4.69, 9.17) is 18.9 Å². The standard InChI is InChI=1S/C42H50N4O6S2/c1-49-37-11-5-9-35(41(37)51-3)17-15-33-19-27-45(28-20-33)25-7-13-39(47)43-23-31-53-54-32-24-44-40(48)14-8-26-46-29-21-34(22-30-46)16-18-36-10-6-12-38(50-2)42(36)52-4/h5-6,9-12,15-22,27-30H,7-8,13-14,23-26,31-32H2,1-4H3/p+2/b17-15+,18-16+. The normalized spacial score (nSPS) is 11.1. The van der Waals surface area contributed by atoms with E-state index in [1.54, 1.807) is 50.0 Å². The van der Waals surface area contributed by atoms with E-state index in [0.717, 1.165) is 59.7 Å². The van der Waals surface area contributed by atoms with Crippen molar-refractivity contribution in [3.63, 3.8) is 0 Å². The topological polar surface area (TPSA) is 103 Å². The second-order valence-corrected chi connectivity index (χ2v) is 14.8. The Morgan fingerprint density at radius 1 is 0.574 bits per heavy atom. The Hall–Kier alpha value is -4.94. The first-order valence-electron chi connectivity index (χ1n) is 18.0. The van der Waals surface area contributed by atoms with E-state index in [0.29, 0.717) is 48.9 Å². The number of amides is 2. The summed E-state index contributed by atoms with van der Waals surface area (Å²) in [5.74, 6) is 4.58. The summed E-state index contributed by atoms with van der Waals surface area (Å²) < 4.78 is 25.9. The molecule has 0 unspecified atom stereocenters. The zero-order valence-electron chi connectivity index (χ0n) is 31.6. The van der Waals surface area contributed by atoms with Crippen molar-refractivity contribution in [1.29, 1.82) is 0 Å². The molecule has 0 aliphatic carbocycles. The van der Waals surface area contributed by atoms with Gasteiger partial charge in [-0.15, -0.1) is 0 Å². The van der Waals surface area contributed by atoms with E-state index in [9.17, 15) is 9.59 Å². The van der Waals surface area contributed by atoms with E-state index < -0.39 is 0 Å². The van der Waals surface area contributed by atoms with Crippen molar-refractivity contribution in [3.8, 4) is 23.0 Å². The van der Waals surface area contributed by atoms with Crippen LogP contribution >= 0.6 is 21.6 Å². The van der Waals surface area contributed by atoms with E-state index >= 15 is 0 Å². The average Bonchev–Trinajstić information content (AvgIpc) is 3.20. The van der Waals surface area contributed by atoms with Gasteiger partial charge in [0.1, 0.15) is 13.1 Å². The molecule has 0 bridgehead atoms. The minimum absolute atomic E-state index is 0.0664. The molecule has 0 atom stereocenters. The summed E-state index contributed by atoms with van der Waals surface area (Å²) in [6, 6.07) is 19.8. The SMILES string of the molecule is COc1cccc(/C=C/c2cc[n+](CCCC(=O)NCCSSCCNC(=O)CCC[n+]3ccc(/C=C/c4cccc(OC)c4OC)cc3)cc2)c1OC. The van der Waals surface area contributed by atoms with Crippen molar-refractivity contribution >= 4 is 57.7 Å². The van der Waals surface area contributed by atoms with Crippen LogP contribution < -0.4 is 38.7 Å². The number of ether oxygens (including phenoxy) is 4. The number of rotatable bonds is 23. The molecule has 286 valence electrons. The third kappa shape index (κ3) is 14.1. The lowest BCUT2D eigenvalue weighted by atomic mass is 10.1. The predicted molar refractivity (Wildman–Crippen MR) is 220 cm³/mol. The molecule has 0 saturated carbocycles. The van der Waals surface area contributed by atoms with Gasteiger partial charge in [0, 0.05) is 85.7 Å². The number of nitrogens with zero attached hydrogens (tertiary/aromatic N) is 2. The Labute approximate surface area is 327 Å². The maximum atomic E-state index is 12.3. The van der Waals surface area contributed by atoms with Gasteiger partial charge in [0.05, 0.1) is 28.4 Å². The van der Waals surface area contributed by atoms with Gasteiger partial charge in [-0.25, -0.2) is 9.13 Å².